The van der Waals surface area contributed by atoms with Crippen LogP contribution in [0.5, 0.6) is 0 Å². The number of hydrogen-bond donors (Lipinski definition) is 2. The quantitative estimate of drug-likeness (QED) is 0.470. The number of rotatable bonds is 1. The van der Waals surface area contributed by atoms with E-state index in [4.69, 9.17) is 5.84 Å². The molecule has 17 heavy (non-hydrogen) atoms. The van der Waals surface area contributed by atoms with Crippen LogP contribution in [0.25, 0.3) is 0 Å². The van der Waals surface area contributed by atoms with Crippen molar-refractivity contribution in [2.24, 2.45) is 5.84 Å². The number of nitrogen functional groups attached to an aromatic ring is 1. The van der Waals surface area contributed by atoms with Crippen LogP contribution in [0.15, 0.2) is 18.2 Å². The molecule has 0 bridgehead atoms. The molecule has 0 spiro atoms. The van der Waals surface area contributed by atoms with Crippen LogP contribution < -0.4 is 11.3 Å². The number of nitrogens with two attached hydrogens (primary N) is 1. The molecule has 0 unspecified atom stereocenters. The maximum Gasteiger partial charge on any atom is 0.417 e. The molecule has 0 aliphatic heterocycles. The van der Waals surface area contributed by atoms with Gasteiger partial charge in [-0.05, 0) is 18.2 Å². The van der Waals surface area contributed by atoms with Crippen molar-refractivity contribution in [2.75, 3.05) is 5.43 Å². The molecule has 0 amide bonds. The predicted molar refractivity (Wildman–Crippen MR) is 51.5 cm³/mol. The monoisotopic (exact) mass is 280 g/mol. The van der Waals surface area contributed by atoms with Gasteiger partial charge in [0.1, 0.15) is 0 Å². The molecule has 0 atom stereocenters. The first-order chi connectivity index (χ1) is 7.16. The Morgan fingerprint density at radius 2 is 1.35 bits per heavy atom. The number of hydrazine groups is 1. The van der Waals surface area contributed by atoms with Crippen molar-refractivity contribution >= 4 is 18.1 Å². The third-order valence-corrected chi connectivity index (χ3v) is 1.80. The van der Waals surface area contributed by atoms with Gasteiger partial charge in [0.2, 0.25) is 0 Å². The second-order valence-corrected chi connectivity index (χ2v) is 2.90. The maximum absolute atomic E-state index is 12.3. The average Bonchev–Trinajstić information content (AvgIpc) is 2.14. The lowest BCUT2D eigenvalue weighted by atomic mass is 10.1. The van der Waals surface area contributed by atoms with Crippen molar-refractivity contribution in [3.63, 3.8) is 0 Å². The van der Waals surface area contributed by atoms with Crippen LogP contribution in [0.2, 0.25) is 0 Å². The Hall–Kier alpha value is -1.15. The minimum Gasteiger partial charge on any atom is -0.324 e. The van der Waals surface area contributed by atoms with Gasteiger partial charge >= 0.3 is 12.4 Å². The van der Waals surface area contributed by atoms with Crippen LogP contribution in [0, 0.1) is 0 Å². The molecule has 0 saturated carbocycles. The van der Waals surface area contributed by atoms with Crippen molar-refractivity contribution in [1.29, 1.82) is 0 Å². The van der Waals surface area contributed by atoms with Gasteiger partial charge in [0, 0.05) is 5.69 Å². The van der Waals surface area contributed by atoms with E-state index in [1.807, 2.05) is 5.43 Å². The zero-order chi connectivity index (χ0) is 12.6. The molecule has 2 nitrogen and oxygen atoms in total. The van der Waals surface area contributed by atoms with Gasteiger partial charge in [-0.25, -0.2) is 0 Å². The number of benzene rings is 1. The summed E-state index contributed by atoms with van der Waals surface area (Å²) < 4.78 is 73.8. The molecule has 9 heteroatoms. The summed E-state index contributed by atoms with van der Waals surface area (Å²) in [6.07, 6.45) is -10.1. The minimum absolute atomic E-state index is 0. The number of anilines is 1. The largest absolute Gasteiger partial charge is 0.417 e. The Morgan fingerprint density at radius 1 is 0.882 bits per heavy atom. The van der Waals surface area contributed by atoms with E-state index >= 15 is 0 Å². The second kappa shape index (κ2) is 5.01. The van der Waals surface area contributed by atoms with Crippen molar-refractivity contribution in [3.8, 4) is 0 Å². The second-order valence-electron chi connectivity index (χ2n) is 2.90. The van der Waals surface area contributed by atoms with Gasteiger partial charge in [-0.15, -0.1) is 12.4 Å². The van der Waals surface area contributed by atoms with Gasteiger partial charge in [-0.3, -0.25) is 5.84 Å². The average molecular weight is 281 g/mol. The van der Waals surface area contributed by atoms with Gasteiger partial charge in [-0.2, -0.15) is 26.3 Å². The summed E-state index contributed by atoms with van der Waals surface area (Å²) in [7, 11) is 0. The lowest BCUT2D eigenvalue weighted by molar-refractivity contribution is -0.162. The van der Waals surface area contributed by atoms with E-state index in [1.165, 1.54) is 0 Å². The van der Waals surface area contributed by atoms with Crippen LogP contribution in [0.1, 0.15) is 11.1 Å². The predicted octanol–water partition coefficient (Wildman–Crippen LogP) is 3.43. The molecule has 3 N–H and O–H groups in total. The van der Waals surface area contributed by atoms with Crippen LogP contribution >= 0.6 is 12.4 Å². The first-order valence-corrected chi connectivity index (χ1v) is 3.91. The number of halogens is 7. The molecule has 0 aliphatic rings. The van der Waals surface area contributed by atoms with Crippen LogP contribution in [-0.4, -0.2) is 0 Å². The Labute approximate surface area is 98.2 Å². The fraction of sp³-hybridized carbons (Fsp3) is 0.250. The van der Waals surface area contributed by atoms with E-state index in [1.54, 1.807) is 0 Å². The molecule has 1 rings (SSSR count). The molecule has 1 aromatic carbocycles. The van der Waals surface area contributed by atoms with Gasteiger partial charge < -0.3 is 5.43 Å². The minimum atomic E-state index is -5.09. The lowest BCUT2D eigenvalue weighted by Gasteiger charge is -2.16. The van der Waals surface area contributed by atoms with Gasteiger partial charge in [0.15, 0.2) is 0 Å². The smallest absolute Gasteiger partial charge is 0.324 e. The zero-order valence-electron chi connectivity index (χ0n) is 7.99. The first kappa shape index (κ1) is 15.9. The molecule has 0 heterocycles. The van der Waals surface area contributed by atoms with E-state index in [2.05, 4.69) is 0 Å². The fourth-order valence-corrected chi connectivity index (χ4v) is 1.12. The normalized spacial score (nSPS) is 11.9. The van der Waals surface area contributed by atoms with E-state index < -0.39 is 23.5 Å². The van der Waals surface area contributed by atoms with Crippen molar-refractivity contribution in [3.05, 3.63) is 29.3 Å². The van der Waals surface area contributed by atoms with E-state index in [0.717, 1.165) is 6.07 Å². The highest BCUT2D eigenvalue weighted by molar-refractivity contribution is 5.85. The maximum atomic E-state index is 12.3. The SMILES string of the molecule is Cl.NNc1ccc(C(F)(F)F)c(C(F)(F)F)c1. The third kappa shape index (κ3) is 3.67. The third-order valence-electron chi connectivity index (χ3n) is 1.80. The molecular formula is C8H7ClF6N2. The van der Waals surface area contributed by atoms with Crippen molar-refractivity contribution < 1.29 is 26.3 Å². The molecule has 0 aromatic heterocycles. The summed E-state index contributed by atoms with van der Waals surface area (Å²) in [6.45, 7) is 0. The summed E-state index contributed by atoms with van der Waals surface area (Å²) in [5.41, 5.74) is -1.90. The topological polar surface area (TPSA) is 38.0 Å². The summed E-state index contributed by atoms with van der Waals surface area (Å²) in [4.78, 5) is 0. The highest BCUT2D eigenvalue weighted by atomic mass is 35.5. The summed E-state index contributed by atoms with van der Waals surface area (Å²) in [6, 6.07) is 1.46. The molecule has 98 valence electrons. The molecule has 0 saturated heterocycles. The summed E-state index contributed by atoms with van der Waals surface area (Å²) >= 11 is 0. The Bertz CT molecular complexity index is 387. The molecule has 1 aromatic rings. The first-order valence-electron chi connectivity index (χ1n) is 3.91. The van der Waals surface area contributed by atoms with E-state index in [0.29, 0.717) is 12.1 Å². The zero-order valence-corrected chi connectivity index (χ0v) is 8.80. The van der Waals surface area contributed by atoms with E-state index in [9.17, 15) is 26.3 Å². The van der Waals surface area contributed by atoms with Gasteiger partial charge in [0.05, 0.1) is 11.1 Å². The molecule has 0 fully saturated rings. The van der Waals surface area contributed by atoms with Gasteiger partial charge in [-0.1, -0.05) is 0 Å². The summed E-state index contributed by atoms with van der Waals surface area (Å²) in [5.74, 6) is 4.82. The Balaban J connectivity index is 0.00000256. The Morgan fingerprint density at radius 3 is 1.71 bits per heavy atom. The highest BCUT2D eigenvalue weighted by Crippen LogP contribution is 2.41. The van der Waals surface area contributed by atoms with Crippen molar-refractivity contribution in [2.45, 2.75) is 12.4 Å². The molecular weight excluding hydrogens is 274 g/mol. The van der Waals surface area contributed by atoms with Crippen molar-refractivity contribution in [1.82, 2.24) is 0 Å². The van der Waals surface area contributed by atoms with Crippen LogP contribution in [0.4, 0.5) is 32.0 Å². The van der Waals surface area contributed by atoms with Gasteiger partial charge in [0.25, 0.3) is 0 Å². The fourth-order valence-electron chi connectivity index (χ4n) is 1.12. The summed E-state index contributed by atoms with van der Waals surface area (Å²) in [5, 5.41) is 0. The Kier molecular flexibility index (Phi) is 4.67. The number of alkyl halides is 6. The standard InChI is InChI=1S/C8H6F6N2.ClH/c9-7(10,11)5-2-1-4(16-15)3-6(5)8(12,13)14;/h1-3,16H,15H2;1H. The van der Waals surface area contributed by atoms with Crippen LogP contribution in [0.3, 0.4) is 0 Å². The number of nitrogens with one attached hydrogen (secondary N) is 1. The lowest BCUT2D eigenvalue weighted by Crippen LogP contribution is -2.17. The highest BCUT2D eigenvalue weighted by Gasteiger charge is 2.42. The number of hydrogen-bond acceptors (Lipinski definition) is 2. The molecule has 0 radical (unpaired) electrons. The van der Waals surface area contributed by atoms with Crippen LogP contribution in [-0.2, 0) is 12.4 Å². The molecule has 0 aliphatic carbocycles. The van der Waals surface area contributed by atoms with E-state index in [-0.39, 0.29) is 18.1 Å².